The van der Waals surface area contributed by atoms with Crippen LogP contribution < -0.4 is 14.3 Å². The van der Waals surface area contributed by atoms with E-state index in [-0.39, 0.29) is 11.9 Å². The monoisotopic (exact) mass is 380 g/mol. The lowest BCUT2D eigenvalue weighted by atomic mass is 9.83. The lowest BCUT2D eigenvalue weighted by Crippen LogP contribution is -2.45. The van der Waals surface area contributed by atoms with Gasteiger partial charge in [-0.05, 0) is 31.3 Å². The van der Waals surface area contributed by atoms with Crippen molar-refractivity contribution in [2.24, 2.45) is 0 Å². The minimum absolute atomic E-state index is 0.00596. The van der Waals surface area contributed by atoms with Gasteiger partial charge in [0.15, 0.2) is 11.5 Å². The molecule has 0 aromatic heterocycles. The summed E-state index contributed by atoms with van der Waals surface area (Å²) in [5.41, 5.74) is 2.29. The lowest BCUT2D eigenvalue weighted by Gasteiger charge is -2.29. The summed E-state index contributed by atoms with van der Waals surface area (Å²) in [5.74, 6) is 1.07. The van der Waals surface area contributed by atoms with Crippen LogP contribution in [0.5, 0.6) is 11.5 Å². The summed E-state index contributed by atoms with van der Waals surface area (Å²) in [6, 6.07) is 13.6. The first-order chi connectivity index (χ1) is 13.6. The number of hydrogen-bond donors (Lipinski definition) is 1. The van der Waals surface area contributed by atoms with Crippen molar-refractivity contribution in [1.29, 1.82) is 0 Å². The Morgan fingerprint density at radius 2 is 2.00 bits per heavy atom. The number of anilines is 1. The van der Waals surface area contributed by atoms with Crippen LogP contribution in [-0.4, -0.2) is 49.1 Å². The largest absolute Gasteiger partial charge is 0.493 e. The zero-order valence-electron chi connectivity index (χ0n) is 16.3. The van der Waals surface area contributed by atoms with Crippen molar-refractivity contribution in [3.05, 3.63) is 53.6 Å². The number of nitrogens with zero attached hydrogens (tertiary/aromatic N) is 2. The molecule has 2 aliphatic rings. The van der Waals surface area contributed by atoms with Crippen LogP contribution >= 0.6 is 0 Å². The minimum Gasteiger partial charge on any atom is -0.493 e. The predicted molar refractivity (Wildman–Crippen MR) is 109 cm³/mol. The second-order valence-corrected chi connectivity index (χ2v) is 7.37. The van der Waals surface area contributed by atoms with Gasteiger partial charge in [0, 0.05) is 30.9 Å². The fraction of sp³-hybridized carbons (Fsp3) is 0.381. The van der Waals surface area contributed by atoms with Crippen molar-refractivity contribution in [2.45, 2.75) is 32.3 Å². The Morgan fingerprint density at radius 1 is 1.21 bits per heavy atom. The molecule has 0 unspecified atom stereocenters. The molecule has 0 aliphatic carbocycles. The molecule has 2 aromatic carbocycles. The van der Waals surface area contributed by atoms with Crippen LogP contribution in [0.25, 0.3) is 0 Å². The molecule has 0 spiro atoms. The molecule has 6 nitrogen and oxygen atoms in total. The van der Waals surface area contributed by atoms with Crippen LogP contribution in [0, 0.1) is 0 Å². The van der Waals surface area contributed by atoms with E-state index in [1.54, 1.807) is 20.0 Å². The van der Waals surface area contributed by atoms with Crippen LogP contribution in [0.2, 0.25) is 6.82 Å². The minimum atomic E-state index is -0.706. The van der Waals surface area contributed by atoms with Crippen LogP contribution in [0.4, 0.5) is 5.69 Å². The van der Waals surface area contributed by atoms with Crippen molar-refractivity contribution in [1.82, 2.24) is 4.90 Å². The highest BCUT2D eigenvalue weighted by Crippen LogP contribution is 2.39. The Kier molecular flexibility index (Phi) is 5.18. The van der Waals surface area contributed by atoms with Crippen LogP contribution in [0.1, 0.15) is 28.8 Å². The van der Waals surface area contributed by atoms with Crippen LogP contribution in [0.3, 0.4) is 0 Å². The molecule has 2 aliphatic heterocycles. The van der Waals surface area contributed by atoms with E-state index in [1.807, 2.05) is 46.1 Å². The third-order valence-electron chi connectivity index (χ3n) is 5.56. The molecule has 2 heterocycles. The fourth-order valence-electron chi connectivity index (χ4n) is 4.09. The van der Waals surface area contributed by atoms with Gasteiger partial charge in [-0.1, -0.05) is 30.3 Å². The maximum atomic E-state index is 13.2. The molecule has 28 heavy (non-hydrogen) atoms. The van der Waals surface area contributed by atoms with Crippen molar-refractivity contribution in [3.63, 3.8) is 0 Å². The Labute approximate surface area is 165 Å². The summed E-state index contributed by atoms with van der Waals surface area (Å²) >= 11 is 0. The van der Waals surface area contributed by atoms with Crippen molar-refractivity contribution >= 4 is 18.6 Å². The van der Waals surface area contributed by atoms with Crippen molar-refractivity contribution < 1.29 is 19.3 Å². The number of benzene rings is 2. The molecule has 0 radical (unpaired) electrons. The number of carbonyl (C=O) groups is 1. The summed E-state index contributed by atoms with van der Waals surface area (Å²) in [4.78, 5) is 17.0. The number of ether oxygens (including phenoxy) is 2. The van der Waals surface area contributed by atoms with E-state index in [1.165, 1.54) is 0 Å². The Bertz CT molecular complexity index is 859. The molecule has 146 valence electrons. The molecular weight excluding hydrogens is 355 g/mol. The maximum absolute atomic E-state index is 13.2. The lowest BCUT2D eigenvalue weighted by molar-refractivity contribution is 0.0749. The number of hydrogen-bond acceptors (Lipinski definition) is 5. The fourth-order valence-corrected chi connectivity index (χ4v) is 4.09. The first-order valence-electron chi connectivity index (χ1n) is 9.73. The van der Waals surface area contributed by atoms with Crippen molar-refractivity contribution in [2.75, 3.05) is 25.0 Å². The average Bonchev–Trinajstić information content (AvgIpc) is 3.14. The van der Waals surface area contributed by atoms with Gasteiger partial charge in [-0.3, -0.25) is 4.79 Å². The smallest absolute Gasteiger partial charge is 0.409 e. The second kappa shape index (κ2) is 7.76. The first kappa shape index (κ1) is 18.7. The summed E-state index contributed by atoms with van der Waals surface area (Å²) in [6.07, 6.45) is 1.95. The molecule has 0 saturated carbocycles. The molecule has 4 rings (SSSR count). The number of fused-ring (bicyclic) bond motifs is 2. The third kappa shape index (κ3) is 3.42. The maximum Gasteiger partial charge on any atom is 0.409 e. The zero-order valence-corrected chi connectivity index (χ0v) is 16.3. The second-order valence-electron chi connectivity index (χ2n) is 7.37. The van der Waals surface area contributed by atoms with E-state index in [0.717, 1.165) is 24.9 Å². The highest BCUT2D eigenvalue weighted by Gasteiger charge is 2.38. The van der Waals surface area contributed by atoms with E-state index in [4.69, 9.17) is 9.47 Å². The number of rotatable bonds is 5. The molecule has 1 atom stereocenters. The van der Waals surface area contributed by atoms with Gasteiger partial charge in [0.25, 0.3) is 5.91 Å². The summed E-state index contributed by atoms with van der Waals surface area (Å²) in [7, 11) is 0.867. The number of methoxy groups -OCH3 is 1. The normalized spacial score (nSPS) is 18.4. The standard InChI is InChI=1S/C21H25BN2O4/c1-22(26)24-13-16-9-6-10-23(16)21(25)17-11-19(27-2)20(12-18(17)24)28-14-15-7-4-3-5-8-15/h3-5,7-8,11-12,16,26H,6,9-10,13-14H2,1-2H3/t16-/m0/s1. The van der Waals surface area contributed by atoms with Gasteiger partial charge in [0.1, 0.15) is 6.61 Å². The van der Waals surface area contributed by atoms with Gasteiger partial charge in [-0.2, -0.15) is 0 Å². The van der Waals surface area contributed by atoms with E-state index in [0.29, 0.717) is 35.9 Å². The Balaban J connectivity index is 1.72. The Morgan fingerprint density at radius 3 is 2.71 bits per heavy atom. The molecule has 2 aromatic rings. The SMILES string of the molecule is COc1cc2c(cc1OCc1ccccc1)N(B(C)O)C[C@@H]1CCCN1C2=O. The van der Waals surface area contributed by atoms with E-state index in [2.05, 4.69) is 0 Å². The third-order valence-corrected chi connectivity index (χ3v) is 5.56. The van der Waals surface area contributed by atoms with Crippen molar-refractivity contribution in [3.8, 4) is 11.5 Å². The van der Waals surface area contributed by atoms with Gasteiger partial charge >= 0.3 is 7.05 Å². The number of amides is 1. The van der Waals surface area contributed by atoms with Gasteiger partial charge in [0.05, 0.1) is 12.7 Å². The Hall–Kier alpha value is -2.67. The molecule has 0 bridgehead atoms. The van der Waals surface area contributed by atoms with E-state index >= 15 is 0 Å². The average molecular weight is 380 g/mol. The molecular formula is C21H25BN2O4. The highest BCUT2D eigenvalue weighted by atomic mass is 16.5. The van der Waals surface area contributed by atoms with Gasteiger partial charge in [-0.15, -0.1) is 0 Å². The van der Waals surface area contributed by atoms with Gasteiger partial charge in [0.2, 0.25) is 0 Å². The molecule has 1 fully saturated rings. The van der Waals surface area contributed by atoms with Crippen LogP contribution in [0.15, 0.2) is 42.5 Å². The number of carbonyl (C=O) groups excluding carboxylic acids is 1. The molecule has 7 heteroatoms. The summed E-state index contributed by atoms with van der Waals surface area (Å²) in [5, 5.41) is 10.4. The summed E-state index contributed by atoms with van der Waals surface area (Å²) in [6.45, 7) is 3.49. The summed E-state index contributed by atoms with van der Waals surface area (Å²) < 4.78 is 11.5. The molecule has 1 N–H and O–H groups in total. The molecule has 1 amide bonds. The van der Waals surface area contributed by atoms with Gasteiger partial charge < -0.3 is 24.2 Å². The quantitative estimate of drug-likeness (QED) is 0.809. The topological polar surface area (TPSA) is 62.2 Å². The first-order valence-corrected chi connectivity index (χ1v) is 9.73. The van der Waals surface area contributed by atoms with Crippen LogP contribution in [-0.2, 0) is 6.61 Å². The highest BCUT2D eigenvalue weighted by molar-refractivity contribution is 6.54. The zero-order chi connectivity index (χ0) is 19.7. The van der Waals surface area contributed by atoms with E-state index < -0.39 is 7.05 Å². The molecule has 1 saturated heterocycles. The van der Waals surface area contributed by atoms with E-state index in [9.17, 15) is 9.82 Å². The predicted octanol–water partition coefficient (Wildman–Crippen LogP) is 2.81. The van der Waals surface area contributed by atoms with Gasteiger partial charge in [-0.25, -0.2) is 0 Å².